The van der Waals surface area contributed by atoms with Crippen molar-refractivity contribution in [1.82, 2.24) is 4.57 Å². The first-order valence-electron chi connectivity index (χ1n) is 16.4. The lowest BCUT2D eigenvalue weighted by molar-refractivity contribution is 0.0926. The smallest absolute Gasteiger partial charge is 0.268 e. The van der Waals surface area contributed by atoms with Gasteiger partial charge in [-0.05, 0) is 70.3 Å². The molecule has 1 aromatic heterocycles. The number of imide groups is 1. The van der Waals surface area contributed by atoms with Gasteiger partial charge in [-0.3, -0.25) is 9.59 Å². The second kappa shape index (κ2) is 11.6. The van der Waals surface area contributed by atoms with E-state index in [-0.39, 0.29) is 11.8 Å². The zero-order valence-corrected chi connectivity index (χ0v) is 26.7. The molecule has 50 heavy (non-hydrogen) atoms. The van der Waals surface area contributed by atoms with Gasteiger partial charge >= 0.3 is 0 Å². The maximum atomic E-state index is 14.7. The van der Waals surface area contributed by atoms with Crippen molar-refractivity contribution in [1.29, 1.82) is 5.26 Å². The number of para-hydroxylation sites is 1. The Morgan fingerprint density at radius 2 is 0.960 bits per heavy atom. The summed E-state index contributed by atoms with van der Waals surface area (Å²) in [7, 11) is 0. The third-order valence-electron chi connectivity index (χ3n) is 9.59. The monoisotopic (exact) mass is 641 g/mol. The van der Waals surface area contributed by atoms with Crippen LogP contribution in [0, 0.1) is 11.3 Å². The van der Waals surface area contributed by atoms with Crippen LogP contribution in [0.3, 0.4) is 0 Å². The number of carbonyl (C=O) groups is 2. The quantitative estimate of drug-likeness (QED) is 0.176. The Balaban J connectivity index is 1.29. The molecule has 8 aromatic rings. The Morgan fingerprint density at radius 1 is 0.440 bits per heavy atom. The third-order valence-corrected chi connectivity index (χ3v) is 9.59. The minimum atomic E-state index is -0.360. The first-order chi connectivity index (χ1) is 24.6. The standard InChI is InChI=1S/C45H27N3O2/c46-28-29-18-20-31(21-19-29)34-23-25-37-36-24-22-33(30-10-3-1-4-11-30)26-41(36)47(42(37)27-34)40-17-9-15-38-43(40)45(50)48(44(38)49)39-16-8-7-14-35(39)32-12-5-2-6-13-32/h1-27H. The van der Waals surface area contributed by atoms with Gasteiger partial charge in [0.15, 0.2) is 0 Å². The van der Waals surface area contributed by atoms with Gasteiger partial charge in [0.2, 0.25) is 0 Å². The summed E-state index contributed by atoms with van der Waals surface area (Å²) in [4.78, 5) is 30.2. The molecule has 5 heteroatoms. The zero-order chi connectivity index (χ0) is 33.8. The highest BCUT2D eigenvalue weighted by Crippen LogP contribution is 2.42. The second-order valence-electron chi connectivity index (χ2n) is 12.4. The number of hydrogen-bond donors (Lipinski definition) is 0. The van der Waals surface area contributed by atoms with Crippen LogP contribution in [-0.4, -0.2) is 16.4 Å². The molecule has 0 N–H and O–H groups in total. The second-order valence-corrected chi connectivity index (χ2v) is 12.4. The van der Waals surface area contributed by atoms with Crippen molar-refractivity contribution in [3.05, 3.63) is 180 Å². The molecular weight excluding hydrogens is 615 g/mol. The van der Waals surface area contributed by atoms with Crippen LogP contribution in [0.4, 0.5) is 5.69 Å². The van der Waals surface area contributed by atoms with Crippen molar-refractivity contribution in [2.75, 3.05) is 4.90 Å². The number of hydrogen-bond acceptors (Lipinski definition) is 3. The average Bonchev–Trinajstić information content (AvgIpc) is 3.64. The van der Waals surface area contributed by atoms with Crippen molar-refractivity contribution >= 4 is 39.3 Å². The molecule has 1 aliphatic heterocycles. The normalized spacial score (nSPS) is 12.4. The lowest BCUT2D eigenvalue weighted by Gasteiger charge is -2.19. The van der Waals surface area contributed by atoms with E-state index in [1.165, 1.54) is 4.90 Å². The Bertz CT molecular complexity index is 2690. The summed E-state index contributed by atoms with van der Waals surface area (Å²) >= 11 is 0. The van der Waals surface area contributed by atoms with Gasteiger partial charge in [-0.15, -0.1) is 0 Å². The summed E-state index contributed by atoms with van der Waals surface area (Å²) in [6.07, 6.45) is 0. The number of amides is 2. The van der Waals surface area contributed by atoms with Crippen molar-refractivity contribution < 1.29 is 9.59 Å². The highest BCUT2D eigenvalue weighted by Gasteiger charge is 2.40. The maximum absolute atomic E-state index is 14.7. The number of nitriles is 1. The van der Waals surface area contributed by atoms with E-state index < -0.39 is 0 Å². The summed E-state index contributed by atoms with van der Waals surface area (Å²) in [5.41, 5.74) is 10.2. The van der Waals surface area contributed by atoms with E-state index in [9.17, 15) is 14.9 Å². The molecule has 0 saturated heterocycles. The van der Waals surface area contributed by atoms with Crippen LogP contribution in [-0.2, 0) is 0 Å². The van der Waals surface area contributed by atoms with Gasteiger partial charge in [-0.25, -0.2) is 4.90 Å². The van der Waals surface area contributed by atoms with E-state index in [0.717, 1.165) is 55.2 Å². The Kier molecular flexibility index (Phi) is 6.75. The minimum absolute atomic E-state index is 0.348. The molecule has 0 atom stereocenters. The average molecular weight is 642 g/mol. The molecule has 0 radical (unpaired) electrons. The zero-order valence-electron chi connectivity index (χ0n) is 26.7. The molecule has 2 amide bonds. The number of benzene rings is 7. The predicted octanol–water partition coefficient (Wildman–Crippen LogP) is 10.5. The summed E-state index contributed by atoms with van der Waals surface area (Å²) in [5.74, 6) is -0.708. The summed E-state index contributed by atoms with van der Waals surface area (Å²) < 4.78 is 2.13. The van der Waals surface area contributed by atoms with Gasteiger partial charge in [-0.2, -0.15) is 5.26 Å². The van der Waals surface area contributed by atoms with Crippen LogP contribution in [0.15, 0.2) is 164 Å². The number of carbonyl (C=O) groups excluding carboxylic acids is 2. The van der Waals surface area contributed by atoms with Crippen molar-refractivity contribution in [2.24, 2.45) is 0 Å². The van der Waals surface area contributed by atoms with Gasteiger partial charge < -0.3 is 4.57 Å². The Labute approximate surface area is 288 Å². The SMILES string of the molecule is N#Cc1ccc(-c2ccc3c4ccc(-c5ccccc5)cc4n(-c4cccc5c4C(=O)N(c4ccccc4-c4ccccc4)C5=O)c3c2)cc1. The minimum Gasteiger partial charge on any atom is -0.308 e. The van der Waals surface area contributed by atoms with Crippen molar-refractivity contribution in [2.45, 2.75) is 0 Å². The number of nitrogens with zero attached hydrogens (tertiary/aromatic N) is 3. The fraction of sp³-hybridized carbons (Fsp3) is 0. The molecule has 0 saturated carbocycles. The molecule has 5 nitrogen and oxygen atoms in total. The molecule has 7 aromatic carbocycles. The van der Waals surface area contributed by atoms with E-state index in [0.29, 0.717) is 28.1 Å². The Morgan fingerprint density at radius 3 is 1.60 bits per heavy atom. The van der Waals surface area contributed by atoms with Gasteiger partial charge in [0, 0.05) is 16.3 Å². The lowest BCUT2D eigenvalue weighted by Crippen LogP contribution is -2.30. The molecule has 0 bridgehead atoms. The molecule has 234 valence electrons. The van der Waals surface area contributed by atoms with Gasteiger partial charge in [-0.1, -0.05) is 121 Å². The molecule has 9 rings (SSSR count). The van der Waals surface area contributed by atoms with Gasteiger partial charge in [0.1, 0.15) is 0 Å². The van der Waals surface area contributed by atoms with Gasteiger partial charge in [0.05, 0.1) is 45.2 Å². The number of anilines is 1. The third kappa shape index (κ3) is 4.55. The largest absolute Gasteiger partial charge is 0.308 e. The molecule has 2 heterocycles. The van der Waals surface area contributed by atoms with E-state index in [4.69, 9.17) is 0 Å². The fourth-order valence-electron chi connectivity index (χ4n) is 7.21. The molecule has 0 fully saturated rings. The van der Waals surface area contributed by atoms with Crippen LogP contribution in [0.25, 0.3) is 60.9 Å². The first kappa shape index (κ1) is 29.1. The van der Waals surface area contributed by atoms with Crippen molar-refractivity contribution in [3.63, 3.8) is 0 Å². The molecular formula is C45H27N3O2. The first-order valence-corrected chi connectivity index (χ1v) is 16.4. The highest BCUT2D eigenvalue weighted by molar-refractivity contribution is 6.36. The summed E-state index contributed by atoms with van der Waals surface area (Å²) in [6, 6.07) is 55.6. The molecule has 1 aliphatic rings. The van der Waals surface area contributed by atoms with E-state index >= 15 is 0 Å². The molecule has 0 aliphatic carbocycles. The maximum Gasteiger partial charge on any atom is 0.268 e. The number of fused-ring (bicyclic) bond motifs is 4. The predicted molar refractivity (Wildman–Crippen MR) is 199 cm³/mol. The van der Waals surface area contributed by atoms with Crippen LogP contribution >= 0.6 is 0 Å². The van der Waals surface area contributed by atoms with Crippen LogP contribution in [0.1, 0.15) is 26.3 Å². The lowest BCUT2D eigenvalue weighted by atomic mass is 10.0. The summed E-state index contributed by atoms with van der Waals surface area (Å²) in [5, 5.41) is 11.4. The van der Waals surface area contributed by atoms with Crippen molar-refractivity contribution in [3.8, 4) is 45.1 Å². The highest BCUT2D eigenvalue weighted by atomic mass is 16.2. The molecule has 0 unspecified atom stereocenters. The van der Waals surface area contributed by atoms with E-state index in [2.05, 4.69) is 59.2 Å². The van der Waals surface area contributed by atoms with E-state index in [1.54, 1.807) is 6.07 Å². The van der Waals surface area contributed by atoms with Gasteiger partial charge in [0.25, 0.3) is 11.8 Å². The Hall–Kier alpha value is -7.03. The van der Waals surface area contributed by atoms with Crippen LogP contribution < -0.4 is 4.90 Å². The van der Waals surface area contributed by atoms with E-state index in [1.807, 2.05) is 109 Å². The van der Waals surface area contributed by atoms with Crippen LogP contribution in [0.2, 0.25) is 0 Å². The number of aromatic nitrogens is 1. The van der Waals surface area contributed by atoms with Crippen LogP contribution in [0.5, 0.6) is 0 Å². The molecule has 0 spiro atoms. The number of rotatable bonds is 5. The fourth-order valence-corrected chi connectivity index (χ4v) is 7.21. The summed E-state index contributed by atoms with van der Waals surface area (Å²) in [6.45, 7) is 0. The topological polar surface area (TPSA) is 66.1 Å².